The van der Waals surface area contributed by atoms with Crippen molar-refractivity contribution in [2.24, 2.45) is 4.99 Å². The summed E-state index contributed by atoms with van der Waals surface area (Å²) in [6.07, 6.45) is 8.70. The van der Waals surface area contributed by atoms with Gasteiger partial charge in [0.1, 0.15) is 12.4 Å². The van der Waals surface area contributed by atoms with Crippen molar-refractivity contribution in [3.8, 4) is 5.75 Å². The van der Waals surface area contributed by atoms with Crippen molar-refractivity contribution in [3.05, 3.63) is 41.5 Å². The maximum atomic E-state index is 5.80. The molecule has 0 amide bonds. The van der Waals surface area contributed by atoms with E-state index in [1.807, 2.05) is 33.3 Å². The van der Waals surface area contributed by atoms with Crippen LogP contribution < -0.4 is 15.4 Å². The molecule has 0 bridgehead atoms. The minimum absolute atomic E-state index is 0.697. The predicted octanol–water partition coefficient (Wildman–Crippen LogP) is 3.18. The Kier molecular flexibility index (Phi) is 9.04. The molecule has 0 fully saturated rings. The lowest BCUT2D eigenvalue weighted by Gasteiger charge is -2.15. The van der Waals surface area contributed by atoms with Crippen molar-refractivity contribution in [1.82, 2.24) is 15.5 Å². The number of guanidine groups is 1. The molecule has 26 heavy (non-hydrogen) atoms. The molecule has 0 spiro atoms. The van der Waals surface area contributed by atoms with Gasteiger partial charge >= 0.3 is 0 Å². The van der Waals surface area contributed by atoms with Crippen molar-refractivity contribution in [2.75, 3.05) is 40.8 Å². The fraction of sp³-hybridized carbons (Fsp3) is 0.571. The molecule has 0 atom stereocenters. The van der Waals surface area contributed by atoms with Gasteiger partial charge in [0.05, 0.1) is 0 Å². The van der Waals surface area contributed by atoms with Crippen LogP contribution in [0.4, 0.5) is 0 Å². The first-order valence-corrected chi connectivity index (χ1v) is 9.66. The molecule has 2 N–H and O–H groups in total. The molecule has 1 aliphatic carbocycles. The summed E-state index contributed by atoms with van der Waals surface area (Å²) >= 11 is 0. The Hall–Kier alpha value is -2.01. The van der Waals surface area contributed by atoms with Crippen LogP contribution in [0.2, 0.25) is 0 Å². The number of allylic oxidation sites excluding steroid dienone is 1. The van der Waals surface area contributed by atoms with E-state index in [9.17, 15) is 0 Å². The molecule has 0 heterocycles. The van der Waals surface area contributed by atoms with E-state index in [1.165, 1.54) is 31.2 Å². The van der Waals surface area contributed by atoms with Crippen LogP contribution >= 0.6 is 0 Å². The highest BCUT2D eigenvalue weighted by atomic mass is 16.5. The molecular formula is C21H34N4O. The van der Waals surface area contributed by atoms with E-state index in [2.05, 4.69) is 38.7 Å². The zero-order valence-corrected chi connectivity index (χ0v) is 16.6. The summed E-state index contributed by atoms with van der Waals surface area (Å²) in [5.74, 6) is 1.76. The van der Waals surface area contributed by atoms with Crippen molar-refractivity contribution in [3.63, 3.8) is 0 Å². The zero-order valence-electron chi connectivity index (χ0n) is 16.6. The molecule has 1 aromatic carbocycles. The lowest BCUT2D eigenvalue weighted by Crippen LogP contribution is -2.37. The van der Waals surface area contributed by atoms with Crippen LogP contribution in [0.3, 0.4) is 0 Å². The van der Waals surface area contributed by atoms with Gasteiger partial charge in [0.2, 0.25) is 0 Å². The van der Waals surface area contributed by atoms with Crippen LogP contribution in [0.15, 0.2) is 40.9 Å². The van der Waals surface area contributed by atoms with Crippen molar-refractivity contribution in [2.45, 2.75) is 38.6 Å². The normalized spacial score (nSPS) is 14.9. The summed E-state index contributed by atoms with van der Waals surface area (Å²) in [6.45, 7) is 3.27. The monoisotopic (exact) mass is 358 g/mol. The second-order valence-corrected chi connectivity index (χ2v) is 7.01. The number of rotatable bonds is 9. The number of aliphatic imine (C=N–C) groups is 1. The Labute approximate surface area is 158 Å². The third kappa shape index (κ3) is 7.91. The molecule has 0 radical (unpaired) electrons. The van der Waals surface area contributed by atoms with E-state index in [0.29, 0.717) is 6.61 Å². The number of benzene rings is 1. The maximum absolute atomic E-state index is 5.80. The summed E-state index contributed by atoms with van der Waals surface area (Å²) in [5, 5.41) is 6.79. The Bertz CT molecular complexity index is 595. The molecule has 0 saturated heterocycles. The molecule has 1 aliphatic rings. The van der Waals surface area contributed by atoms with E-state index >= 15 is 0 Å². The third-order valence-corrected chi connectivity index (χ3v) is 4.51. The van der Waals surface area contributed by atoms with Gasteiger partial charge in [0.15, 0.2) is 5.96 Å². The van der Waals surface area contributed by atoms with Gasteiger partial charge in [0.25, 0.3) is 0 Å². The van der Waals surface area contributed by atoms with Crippen LogP contribution in [0.1, 0.15) is 37.7 Å². The fourth-order valence-corrected chi connectivity index (χ4v) is 2.97. The number of hydrogen-bond acceptors (Lipinski definition) is 3. The quantitative estimate of drug-likeness (QED) is 0.404. The lowest BCUT2D eigenvalue weighted by molar-refractivity contribution is 0.261. The largest absolute Gasteiger partial charge is 0.492 e. The molecule has 5 heteroatoms. The average molecular weight is 359 g/mol. The first-order chi connectivity index (χ1) is 12.7. The lowest BCUT2D eigenvalue weighted by atomic mass is 9.97. The average Bonchev–Trinajstić information content (AvgIpc) is 2.65. The summed E-state index contributed by atoms with van der Waals surface area (Å²) < 4.78 is 5.80. The number of ether oxygens (including phenoxy) is 1. The molecular weight excluding hydrogens is 324 g/mol. The number of nitrogens with zero attached hydrogens (tertiary/aromatic N) is 2. The van der Waals surface area contributed by atoms with Crippen LogP contribution in [-0.2, 0) is 6.54 Å². The van der Waals surface area contributed by atoms with Gasteiger partial charge in [-0.3, -0.25) is 4.99 Å². The second kappa shape index (κ2) is 11.6. The SMILES string of the molecule is CN=C(NCCC1=CCCCC1)NCc1cccc(OCCN(C)C)c1. The smallest absolute Gasteiger partial charge is 0.191 e. The van der Waals surface area contributed by atoms with Gasteiger partial charge in [0, 0.05) is 26.7 Å². The van der Waals surface area contributed by atoms with Crippen LogP contribution in [-0.4, -0.2) is 51.7 Å². The van der Waals surface area contributed by atoms with Crippen molar-refractivity contribution < 1.29 is 4.74 Å². The Morgan fingerprint density at radius 1 is 1.23 bits per heavy atom. The summed E-state index contributed by atoms with van der Waals surface area (Å²) in [6, 6.07) is 8.23. The minimum Gasteiger partial charge on any atom is -0.492 e. The van der Waals surface area contributed by atoms with E-state index in [1.54, 1.807) is 5.57 Å². The highest BCUT2D eigenvalue weighted by Crippen LogP contribution is 2.19. The van der Waals surface area contributed by atoms with Crippen LogP contribution in [0, 0.1) is 0 Å². The van der Waals surface area contributed by atoms with Crippen LogP contribution in [0.5, 0.6) is 5.75 Å². The summed E-state index contributed by atoms with van der Waals surface area (Å²) in [4.78, 5) is 6.43. The standard InChI is InChI=1S/C21H34N4O/c1-22-21(23-13-12-18-8-5-4-6-9-18)24-17-19-10-7-11-20(16-19)26-15-14-25(2)3/h7-8,10-11,16H,4-6,9,12-15,17H2,1-3H3,(H2,22,23,24). The van der Waals surface area contributed by atoms with Crippen molar-refractivity contribution in [1.29, 1.82) is 0 Å². The molecule has 2 rings (SSSR count). The van der Waals surface area contributed by atoms with E-state index in [4.69, 9.17) is 4.74 Å². The first-order valence-electron chi connectivity index (χ1n) is 9.66. The van der Waals surface area contributed by atoms with E-state index < -0.39 is 0 Å². The van der Waals surface area contributed by atoms with Gasteiger partial charge in [-0.15, -0.1) is 0 Å². The highest BCUT2D eigenvalue weighted by Gasteiger charge is 2.04. The number of likely N-dealkylation sites (N-methyl/N-ethyl adjacent to an activating group) is 1. The molecule has 5 nitrogen and oxygen atoms in total. The highest BCUT2D eigenvalue weighted by molar-refractivity contribution is 5.79. The number of hydrogen-bond donors (Lipinski definition) is 2. The van der Waals surface area contributed by atoms with E-state index in [-0.39, 0.29) is 0 Å². The fourth-order valence-electron chi connectivity index (χ4n) is 2.97. The molecule has 0 aliphatic heterocycles. The second-order valence-electron chi connectivity index (χ2n) is 7.01. The van der Waals surface area contributed by atoms with Gasteiger partial charge in [-0.1, -0.05) is 23.8 Å². The van der Waals surface area contributed by atoms with Gasteiger partial charge in [-0.05, 0) is 63.9 Å². The van der Waals surface area contributed by atoms with Crippen LogP contribution in [0.25, 0.3) is 0 Å². The van der Waals surface area contributed by atoms with Gasteiger partial charge < -0.3 is 20.3 Å². The molecule has 144 valence electrons. The zero-order chi connectivity index (χ0) is 18.6. The topological polar surface area (TPSA) is 48.9 Å². The minimum atomic E-state index is 0.697. The molecule has 0 aromatic heterocycles. The summed E-state index contributed by atoms with van der Waals surface area (Å²) in [5.41, 5.74) is 2.77. The molecule has 0 saturated carbocycles. The Morgan fingerprint density at radius 3 is 2.85 bits per heavy atom. The number of nitrogens with one attached hydrogen (secondary N) is 2. The Morgan fingerprint density at radius 2 is 2.12 bits per heavy atom. The Balaban J connectivity index is 1.72. The molecule has 1 aromatic rings. The maximum Gasteiger partial charge on any atom is 0.191 e. The summed E-state index contributed by atoms with van der Waals surface area (Å²) in [7, 11) is 5.91. The van der Waals surface area contributed by atoms with E-state index in [0.717, 1.165) is 37.8 Å². The first kappa shape index (κ1) is 20.3. The van der Waals surface area contributed by atoms with Gasteiger partial charge in [-0.2, -0.15) is 0 Å². The predicted molar refractivity (Wildman–Crippen MR) is 110 cm³/mol. The molecule has 0 unspecified atom stereocenters. The third-order valence-electron chi connectivity index (χ3n) is 4.51. The van der Waals surface area contributed by atoms with Crippen molar-refractivity contribution >= 4 is 5.96 Å². The van der Waals surface area contributed by atoms with Gasteiger partial charge in [-0.25, -0.2) is 0 Å².